The summed E-state index contributed by atoms with van der Waals surface area (Å²) < 4.78 is 6.19. The third-order valence-electron chi connectivity index (χ3n) is 4.88. The zero-order chi connectivity index (χ0) is 14.4. The average molecular weight is 286 g/mol. The van der Waals surface area contributed by atoms with Crippen LogP contribution in [0, 0.1) is 0 Å². The Balaban J connectivity index is 1.90. The minimum absolute atomic E-state index is 0.347. The third kappa shape index (κ3) is 6.41. The first-order chi connectivity index (χ1) is 8.83. The Morgan fingerprint density at radius 3 is 2.21 bits per heavy atom. The maximum Gasteiger partial charge on any atom is 0.191 e. The van der Waals surface area contributed by atoms with Gasteiger partial charge in [0.25, 0.3) is 0 Å². The molecule has 0 unspecified atom stereocenters. The van der Waals surface area contributed by atoms with Gasteiger partial charge in [0.15, 0.2) is 8.32 Å². The normalized spacial score (nSPS) is 17.5. The van der Waals surface area contributed by atoms with Crippen LogP contribution in [0.4, 0.5) is 0 Å². The predicted octanol–water partition coefficient (Wildman–Crippen LogP) is 4.71. The van der Waals surface area contributed by atoms with Crippen LogP contribution in [-0.2, 0) is 4.43 Å². The summed E-state index contributed by atoms with van der Waals surface area (Å²) in [5, 5.41) is 3.98. The second-order valence-electron chi connectivity index (χ2n) is 7.60. The second kappa shape index (κ2) is 7.80. The van der Waals surface area contributed by atoms with Crippen LogP contribution in [0.15, 0.2) is 0 Å². The lowest BCUT2D eigenvalue weighted by Crippen LogP contribution is -2.40. The highest BCUT2D eigenvalue weighted by atomic mass is 28.4. The van der Waals surface area contributed by atoms with E-state index in [4.69, 9.17) is 4.43 Å². The van der Waals surface area contributed by atoms with Crippen LogP contribution in [0.3, 0.4) is 0 Å². The molecule has 1 N–H and O–H groups in total. The minimum atomic E-state index is -1.50. The van der Waals surface area contributed by atoms with Gasteiger partial charge in [-0.2, -0.15) is 0 Å². The van der Waals surface area contributed by atoms with Crippen LogP contribution in [0.2, 0.25) is 18.1 Å². The zero-order valence-corrected chi connectivity index (χ0v) is 14.8. The van der Waals surface area contributed by atoms with Gasteiger partial charge in [0, 0.05) is 12.6 Å². The van der Waals surface area contributed by atoms with Gasteiger partial charge in [-0.3, -0.25) is 0 Å². The minimum Gasteiger partial charge on any atom is -0.417 e. The van der Waals surface area contributed by atoms with E-state index >= 15 is 0 Å². The van der Waals surface area contributed by atoms with Crippen LogP contribution < -0.4 is 5.32 Å². The summed E-state index contributed by atoms with van der Waals surface area (Å²) in [6.07, 6.45) is 9.47. The summed E-state index contributed by atoms with van der Waals surface area (Å²) in [4.78, 5) is 0. The highest BCUT2D eigenvalue weighted by Gasteiger charge is 2.36. The van der Waals surface area contributed by atoms with Crippen molar-refractivity contribution in [3.8, 4) is 0 Å². The van der Waals surface area contributed by atoms with E-state index in [9.17, 15) is 0 Å². The molecule has 0 aliphatic heterocycles. The summed E-state index contributed by atoms with van der Waals surface area (Å²) in [5.74, 6) is 0. The van der Waals surface area contributed by atoms with Gasteiger partial charge in [0.1, 0.15) is 0 Å². The molecule has 0 aromatic rings. The Morgan fingerprint density at radius 2 is 1.68 bits per heavy atom. The maximum atomic E-state index is 6.19. The summed E-state index contributed by atoms with van der Waals surface area (Å²) in [7, 11) is -1.50. The number of hydrogen-bond donors (Lipinski definition) is 1. The molecule has 0 spiro atoms. The standard InChI is InChI=1S/C16H35NOSi/c1-16(2,3)19(4,5)18-14-9-7-6-8-13-17-15-11-10-12-15/h15,17H,6-14H2,1-5H3. The highest BCUT2D eigenvalue weighted by Crippen LogP contribution is 2.36. The second-order valence-corrected chi connectivity index (χ2v) is 12.4. The molecule has 0 saturated heterocycles. The molecule has 0 aromatic carbocycles. The molecule has 3 heteroatoms. The Kier molecular flexibility index (Phi) is 7.05. The number of unbranched alkanes of at least 4 members (excludes halogenated alkanes) is 3. The molecule has 2 nitrogen and oxygen atoms in total. The van der Waals surface area contributed by atoms with Crippen molar-refractivity contribution in [3.63, 3.8) is 0 Å². The third-order valence-corrected chi connectivity index (χ3v) is 9.42. The van der Waals surface area contributed by atoms with Crippen LogP contribution in [-0.4, -0.2) is 27.5 Å². The van der Waals surface area contributed by atoms with E-state index in [1.165, 1.54) is 51.5 Å². The lowest BCUT2D eigenvalue weighted by atomic mass is 9.93. The average Bonchev–Trinajstić information content (AvgIpc) is 2.22. The molecular weight excluding hydrogens is 250 g/mol. The summed E-state index contributed by atoms with van der Waals surface area (Å²) >= 11 is 0. The van der Waals surface area contributed by atoms with E-state index in [1.807, 2.05) is 0 Å². The molecule has 0 heterocycles. The van der Waals surface area contributed by atoms with Crippen molar-refractivity contribution in [2.75, 3.05) is 13.2 Å². The molecule has 0 amide bonds. The number of rotatable bonds is 9. The first kappa shape index (κ1) is 17.2. The zero-order valence-electron chi connectivity index (χ0n) is 13.8. The number of nitrogens with one attached hydrogen (secondary N) is 1. The monoisotopic (exact) mass is 285 g/mol. The van der Waals surface area contributed by atoms with E-state index in [0.29, 0.717) is 5.04 Å². The first-order valence-electron chi connectivity index (χ1n) is 8.20. The molecule has 114 valence electrons. The Labute approximate surface area is 121 Å². The molecule has 19 heavy (non-hydrogen) atoms. The van der Waals surface area contributed by atoms with Crippen molar-refractivity contribution in [3.05, 3.63) is 0 Å². The van der Waals surface area contributed by atoms with Crippen molar-refractivity contribution in [2.24, 2.45) is 0 Å². The van der Waals surface area contributed by atoms with Gasteiger partial charge in [-0.25, -0.2) is 0 Å². The fourth-order valence-electron chi connectivity index (χ4n) is 2.04. The van der Waals surface area contributed by atoms with E-state index in [0.717, 1.165) is 12.6 Å². The smallest absolute Gasteiger partial charge is 0.191 e. The topological polar surface area (TPSA) is 21.3 Å². The summed E-state index contributed by atoms with van der Waals surface area (Å²) in [6.45, 7) is 13.8. The van der Waals surface area contributed by atoms with Crippen molar-refractivity contribution < 1.29 is 4.43 Å². The van der Waals surface area contributed by atoms with Crippen molar-refractivity contribution in [1.29, 1.82) is 0 Å². The van der Waals surface area contributed by atoms with Crippen molar-refractivity contribution in [1.82, 2.24) is 5.32 Å². The van der Waals surface area contributed by atoms with Crippen molar-refractivity contribution >= 4 is 8.32 Å². The Hall–Kier alpha value is 0.137. The quantitative estimate of drug-likeness (QED) is 0.489. The largest absolute Gasteiger partial charge is 0.417 e. The molecule has 1 fully saturated rings. The lowest BCUT2D eigenvalue weighted by molar-refractivity contribution is 0.276. The molecule has 0 radical (unpaired) electrons. The number of hydrogen-bond acceptors (Lipinski definition) is 2. The van der Waals surface area contributed by atoms with Crippen LogP contribution in [0.25, 0.3) is 0 Å². The molecular formula is C16H35NOSi. The van der Waals surface area contributed by atoms with Crippen LogP contribution >= 0.6 is 0 Å². The lowest BCUT2D eigenvalue weighted by Gasteiger charge is -2.36. The van der Waals surface area contributed by atoms with E-state index in [2.05, 4.69) is 39.2 Å². The van der Waals surface area contributed by atoms with E-state index in [1.54, 1.807) is 0 Å². The van der Waals surface area contributed by atoms with E-state index < -0.39 is 8.32 Å². The van der Waals surface area contributed by atoms with Gasteiger partial charge >= 0.3 is 0 Å². The van der Waals surface area contributed by atoms with Gasteiger partial charge in [-0.05, 0) is 50.4 Å². The van der Waals surface area contributed by atoms with Gasteiger partial charge in [0.05, 0.1) is 0 Å². The van der Waals surface area contributed by atoms with Gasteiger partial charge < -0.3 is 9.74 Å². The van der Waals surface area contributed by atoms with Crippen molar-refractivity contribution in [2.45, 2.75) is 89.9 Å². The summed E-state index contributed by atoms with van der Waals surface area (Å²) in [5.41, 5.74) is 0. The molecule has 0 bridgehead atoms. The van der Waals surface area contributed by atoms with Gasteiger partial charge in [0.2, 0.25) is 0 Å². The summed E-state index contributed by atoms with van der Waals surface area (Å²) in [6, 6.07) is 0.849. The van der Waals surface area contributed by atoms with Gasteiger partial charge in [-0.15, -0.1) is 0 Å². The molecule has 0 atom stereocenters. The molecule has 1 rings (SSSR count). The molecule has 1 aliphatic rings. The first-order valence-corrected chi connectivity index (χ1v) is 11.1. The highest BCUT2D eigenvalue weighted by molar-refractivity contribution is 6.74. The fraction of sp³-hybridized carbons (Fsp3) is 1.00. The fourth-order valence-corrected chi connectivity index (χ4v) is 3.13. The van der Waals surface area contributed by atoms with Crippen LogP contribution in [0.1, 0.15) is 65.7 Å². The Bertz CT molecular complexity index is 244. The predicted molar refractivity (Wildman–Crippen MR) is 87.3 cm³/mol. The Morgan fingerprint density at radius 1 is 1.05 bits per heavy atom. The maximum absolute atomic E-state index is 6.19. The molecule has 1 aliphatic carbocycles. The van der Waals surface area contributed by atoms with Gasteiger partial charge in [-0.1, -0.05) is 40.0 Å². The van der Waals surface area contributed by atoms with E-state index in [-0.39, 0.29) is 0 Å². The molecule has 1 saturated carbocycles. The van der Waals surface area contributed by atoms with Crippen LogP contribution in [0.5, 0.6) is 0 Å². The molecule has 0 aromatic heterocycles. The SMILES string of the molecule is CC(C)(C)[Si](C)(C)OCCCCCCNC1CCC1.